The number of benzene rings is 1. The van der Waals surface area contributed by atoms with Crippen LogP contribution in [-0.4, -0.2) is 16.7 Å². The highest BCUT2D eigenvalue weighted by atomic mass is 35.5. The van der Waals surface area contributed by atoms with E-state index in [0.717, 1.165) is 22.0 Å². The normalized spacial score (nSPS) is 12.9. The SMILES string of the molecule is CC(C)c1cc(C(CN)c2ccccc2Cl)[nH]n1. The molecule has 2 rings (SSSR count). The first kappa shape index (κ1) is 13.1. The van der Waals surface area contributed by atoms with E-state index in [9.17, 15) is 0 Å². The Labute approximate surface area is 112 Å². The molecule has 0 amide bonds. The highest BCUT2D eigenvalue weighted by Gasteiger charge is 2.18. The van der Waals surface area contributed by atoms with Gasteiger partial charge >= 0.3 is 0 Å². The van der Waals surface area contributed by atoms with E-state index in [2.05, 4.69) is 30.1 Å². The molecule has 1 unspecified atom stereocenters. The highest BCUT2D eigenvalue weighted by Crippen LogP contribution is 2.29. The lowest BCUT2D eigenvalue weighted by atomic mass is 9.95. The van der Waals surface area contributed by atoms with Gasteiger partial charge in [0.2, 0.25) is 0 Å². The molecule has 0 bridgehead atoms. The molecular weight excluding hydrogens is 246 g/mol. The zero-order valence-electron chi connectivity index (χ0n) is 10.7. The second-order valence-electron chi connectivity index (χ2n) is 4.71. The van der Waals surface area contributed by atoms with Crippen LogP contribution in [0.4, 0.5) is 0 Å². The zero-order chi connectivity index (χ0) is 13.1. The average Bonchev–Trinajstić information content (AvgIpc) is 2.82. The van der Waals surface area contributed by atoms with Crippen LogP contribution in [0.2, 0.25) is 5.02 Å². The first-order valence-corrected chi connectivity index (χ1v) is 6.51. The van der Waals surface area contributed by atoms with Crippen LogP contribution in [0.5, 0.6) is 0 Å². The van der Waals surface area contributed by atoms with Crippen molar-refractivity contribution in [3.8, 4) is 0 Å². The van der Waals surface area contributed by atoms with Gasteiger partial charge in [-0.25, -0.2) is 0 Å². The second-order valence-corrected chi connectivity index (χ2v) is 5.12. The number of hydrogen-bond acceptors (Lipinski definition) is 2. The minimum atomic E-state index is 0.0682. The van der Waals surface area contributed by atoms with Crippen molar-refractivity contribution in [2.75, 3.05) is 6.54 Å². The third-order valence-corrected chi connectivity index (χ3v) is 3.44. The number of H-pyrrole nitrogens is 1. The molecule has 0 aliphatic carbocycles. The van der Waals surface area contributed by atoms with Crippen molar-refractivity contribution in [3.63, 3.8) is 0 Å². The molecule has 18 heavy (non-hydrogen) atoms. The molecule has 3 nitrogen and oxygen atoms in total. The van der Waals surface area contributed by atoms with E-state index in [1.54, 1.807) is 0 Å². The van der Waals surface area contributed by atoms with Crippen LogP contribution in [-0.2, 0) is 0 Å². The summed E-state index contributed by atoms with van der Waals surface area (Å²) < 4.78 is 0. The third kappa shape index (κ3) is 2.57. The third-order valence-electron chi connectivity index (χ3n) is 3.10. The van der Waals surface area contributed by atoms with E-state index in [0.29, 0.717) is 12.5 Å². The second kappa shape index (κ2) is 5.55. The van der Waals surface area contributed by atoms with Crippen molar-refractivity contribution < 1.29 is 0 Å². The van der Waals surface area contributed by atoms with Crippen LogP contribution >= 0.6 is 11.6 Å². The van der Waals surface area contributed by atoms with E-state index >= 15 is 0 Å². The van der Waals surface area contributed by atoms with Crippen molar-refractivity contribution >= 4 is 11.6 Å². The molecule has 2 aromatic rings. The lowest BCUT2D eigenvalue weighted by Crippen LogP contribution is -2.14. The number of nitrogens with zero attached hydrogens (tertiary/aromatic N) is 1. The van der Waals surface area contributed by atoms with E-state index in [1.165, 1.54) is 0 Å². The molecule has 0 saturated heterocycles. The van der Waals surface area contributed by atoms with Gasteiger partial charge in [-0.3, -0.25) is 5.10 Å². The lowest BCUT2D eigenvalue weighted by molar-refractivity contribution is 0.773. The Balaban J connectivity index is 2.36. The molecule has 0 radical (unpaired) electrons. The fourth-order valence-electron chi connectivity index (χ4n) is 2.01. The molecule has 3 N–H and O–H groups in total. The summed E-state index contributed by atoms with van der Waals surface area (Å²) in [5.41, 5.74) is 9.00. The Bertz CT molecular complexity index is 519. The smallest absolute Gasteiger partial charge is 0.0650 e. The molecule has 0 fully saturated rings. The molecule has 96 valence electrons. The maximum Gasteiger partial charge on any atom is 0.0650 e. The van der Waals surface area contributed by atoms with Gasteiger partial charge in [0.1, 0.15) is 0 Å². The van der Waals surface area contributed by atoms with Crippen molar-refractivity contribution in [1.29, 1.82) is 0 Å². The summed E-state index contributed by atoms with van der Waals surface area (Å²) in [5, 5.41) is 8.14. The van der Waals surface area contributed by atoms with E-state index < -0.39 is 0 Å². The number of aromatic amines is 1. The quantitative estimate of drug-likeness (QED) is 0.889. The standard InChI is InChI=1S/C14H18ClN3/c1-9(2)13-7-14(18-17-13)11(8-16)10-5-3-4-6-12(10)15/h3-7,9,11H,8,16H2,1-2H3,(H,17,18). The van der Waals surface area contributed by atoms with E-state index in [1.807, 2.05) is 24.3 Å². The van der Waals surface area contributed by atoms with E-state index in [-0.39, 0.29) is 5.92 Å². The summed E-state index contributed by atoms with van der Waals surface area (Å²) in [5.74, 6) is 0.471. The van der Waals surface area contributed by atoms with Gasteiger partial charge in [0.25, 0.3) is 0 Å². The van der Waals surface area contributed by atoms with Gasteiger partial charge in [0.15, 0.2) is 0 Å². The number of aromatic nitrogens is 2. The fourth-order valence-corrected chi connectivity index (χ4v) is 2.27. The zero-order valence-corrected chi connectivity index (χ0v) is 11.4. The summed E-state index contributed by atoms with van der Waals surface area (Å²) in [6.45, 7) is 4.74. The predicted molar refractivity (Wildman–Crippen MR) is 75.0 cm³/mol. The molecule has 1 aromatic heterocycles. The number of halogens is 1. The van der Waals surface area contributed by atoms with Crippen LogP contribution in [0.25, 0.3) is 0 Å². The summed E-state index contributed by atoms with van der Waals surface area (Å²) in [6, 6.07) is 9.87. The maximum atomic E-state index is 6.23. The summed E-state index contributed by atoms with van der Waals surface area (Å²) >= 11 is 6.23. The maximum absolute atomic E-state index is 6.23. The summed E-state index contributed by atoms with van der Waals surface area (Å²) in [6.07, 6.45) is 0. The first-order valence-electron chi connectivity index (χ1n) is 6.13. The number of nitrogens with one attached hydrogen (secondary N) is 1. The Kier molecular flexibility index (Phi) is 4.04. The van der Waals surface area contributed by atoms with Crippen LogP contribution in [0, 0.1) is 0 Å². The topological polar surface area (TPSA) is 54.7 Å². The van der Waals surface area contributed by atoms with Gasteiger partial charge in [-0.1, -0.05) is 43.6 Å². The predicted octanol–water partition coefficient (Wildman–Crippen LogP) is 3.28. The molecule has 0 saturated carbocycles. The van der Waals surface area contributed by atoms with Crippen LogP contribution in [0.15, 0.2) is 30.3 Å². The van der Waals surface area contributed by atoms with Crippen molar-refractivity contribution in [2.24, 2.45) is 5.73 Å². The van der Waals surface area contributed by atoms with Gasteiger partial charge < -0.3 is 5.73 Å². The Morgan fingerprint density at radius 1 is 1.33 bits per heavy atom. The van der Waals surface area contributed by atoms with E-state index in [4.69, 9.17) is 17.3 Å². The van der Waals surface area contributed by atoms with Crippen molar-refractivity contribution in [1.82, 2.24) is 10.2 Å². The average molecular weight is 264 g/mol. The van der Waals surface area contributed by atoms with Gasteiger partial charge in [-0.2, -0.15) is 5.10 Å². The Morgan fingerprint density at radius 3 is 2.61 bits per heavy atom. The minimum absolute atomic E-state index is 0.0682. The number of nitrogens with two attached hydrogens (primary N) is 1. The van der Waals surface area contributed by atoms with Crippen LogP contribution in [0.3, 0.4) is 0 Å². The van der Waals surface area contributed by atoms with Crippen LogP contribution in [0.1, 0.15) is 42.6 Å². The summed E-state index contributed by atoms with van der Waals surface area (Å²) in [7, 11) is 0. The molecule has 0 aliphatic rings. The van der Waals surface area contributed by atoms with Gasteiger partial charge in [-0.15, -0.1) is 0 Å². The number of hydrogen-bond donors (Lipinski definition) is 2. The van der Waals surface area contributed by atoms with Gasteiger partial charge in [0.05, 0.1) is 5.69 Å². The van der Waals surface area contributed by atoms with Gasteiger partial charge in [0, 0.05) is 23.2 Å². The Morgan fingerprint density at radius 2 is 2.06 bits per heavy atom. The molecule has 1 heterocycles. The lowest BCUT2D eigenvalue weighted by Gasteiger charge is -2.14. The molecular formula is C14H18ClN3. The monoisotopic (exact) mass is 263 g/mol. The van der Waals surface area contributed by atoms with Crippen LogP contribution < -0.4 is 5.73 Å². The Hall–Kier alpha value is -1.32. The van der Waals surface area contributed by atoms with Crippen molar-refractivity contribution in [3.05, 3.63) is 52.3 Å². The minimum Gasteiger partial charge on any atom is -0.329 e. The molecule has 0 aliphatic heterocycles. The molecule has 1 atom stereocenters. The molecule has 1 aromatic carbocycles. The fraction of sp³-hybridized carbons (Fsp3) is 0.357. The van der Waals surface area contributed by atoms with Crippen molar-refractivity contribution in [2.45, 2.75) is 25.7 Å². The molecule has 4 heteroatoms. The molecule has 0 spiro atoms. The van der Waals surface area contributed by atoms with Gasteiger partial charge in [-0.05, 0) is 23.6 Å². The largest absolute Gasteiger partial charge is 0.329 e. The number of rotatable bonds is 4. The highest BCUT2D eigenvalue weighted by molar-refractivity contribution is 6.31. The first-order chi connectivity index (χ1) is 8.63. The summed E-state index contributed by atoms with van der Waals surface area (Å²) in [4.78, 5) is 0.